The maximum Gasteiger partial charge on any atom is 0.258 e. The molecule has 0 saturated carbocycles. The van der Waals surface area contributed by atoms with E-state index in [0.29, 0.717) is 6.54 Å². The standard InChI is InChI=1S/C24H25ClN2O4S/c1-17-8-10-19(11-9-17)15-26-24(28)16-31-23-13-12-21(14-22(23)25)32(29,30)27-18(2)20-6-4-3-5-7-20/h3-14,18,27H,15-16H2,1-2H3,(H,26,28)/t18-/m0/s1. The minimum Gasteiger partial charge on any atom is -0.482 e. The summed E-state index contributed by atoms with van der Waals surface area (Å²) in [7, 11) is -3.79. The van der Waals surface area contributed by atoms with E-state index >= 15 is 0 Å². The van der Waals surface area contributed by atoms with Gasteiger partial charge in [0.25, 0.3) is 5.91 Å². The Hall–Kier alpha value is -2.87. The molecule has 3 aromatic carbocycles. The van der Waals surface area contributed by atoms with Crippen molar-refractivity contribution in [1.29, 1.82) is 0 Å². The van der Waals surface area contributed by atoms with Crippen molar-refractivity contribution in [3.8, 4) is 5.75 Å². The zero-order valence-electron chi connectivity index (χ0n) is 17.8. The lowest BCUT2D eigenvalue weighted by Crippen LogP contribution is -2.28. The van der Waals surface area contributed by atoms with Crippen LogP contribution in [0.4, 0.5) is 0 Å². The summed E-state index contributed by atoms with van der Waals surface area (Å²) < 4.78 is 33.5. The van der Waals surface area contributed by atoms with E-state index in [1.54, 1.807) is 6.92 Å². The van der Waals surface area contributed by atoms with Crippen molar-refractivity contribution in [2.45, 2.75) is 31.3 Å². The summed E-state index contributed by atoms with van der Waals surface area (Å²) in [4.78, 5) is 12.1. The lowest BCUT2D eigenvalue weighted by molar-refractivity contribution is -0.123. The lowest BCUT2D eigenvalue weighted by Gasteiger charge is -2.15. The smallest absolute Gasteiger partial charge is 0.258 e. The lowest BCUT2D eigenvalue weighted by atomic mass is 10.1. The number of sulfonamides is 1. The van der Waals surface area contributed by atoms with Crippen LogP contribution in [0.25, 0.3) is 0 Å². The van der Waals surface area contributed by atoms with Crippen molar-refractivity contribution in [2.75, 3.05) is 6.61 Å². The van der Waals surface area contributed by atoms with Crippen LogP contribution in [0.1, 0.15) is 29.7 Å². The first kappa shape index (κ1) is 23.8. The van der Waals surface area contributed by atoms with Crippen LogP contribution in [0, 0.1) is 6.92 Å². The molecule has 1 amide bonds. The Labute approximate surface area is 193 Å². The molecule has 0 spiro atoms. The van der Waals surface area contributed by atoms with E-state index in [4.69, 9.17) is 16.3 Å². The Morgan fingerprint density at radius 1 is 1.03 bits per heavy atom. The van der Waals surface area contributed by atoms with Crippen molar-refractivity contribution in [2.24, 2.45) is 0 Å². The number of halogens is 1. The van der Waals surface area contributed by atoms with E-state index in [9.17, 15) is 13.2 Å². The second-order valence-corrected chi connectivity index (χ2v) is 9.52. The number of hydrogen-bond donors (Lipinski definition) is 2. The summed E-state index contributed by atoms with van der Waals surface area (Å²) in [5, 5.41) is 2.87. The van der Waals surface area contributed by atoms with Crippen LogP contribution >= 0.6 is 11.6 Å². The van der Waals surface area contributed by atoms with E-state index in [0.717, 1.165) is 16.7 Å². The highest BCUT2D eigenvalue weighted by Crippen LogP contribution is 2.28. The SMILES string of the molecule is Cc1ccc(CNC(=O)COc2ccc(S(=O)(=O)N[C@@H](C)c3ccccc3)cc2Cl)cc1. The third-order valence-electron chi connectivity index (χ3n) is 4.81. The molecule has 0 heterocycles. The van der Waals surface area contributed by atoms with E-state index in [1.807, 2.05) is 61.5 Å². The predicted octanol–water partition coefficient (Wildman–Crippen LogP) is 4.38. The van der Waals surface area contributed by atoms with Crippen molar-refractivity contribution in [3.05, 3.63) is 94.5 Å². The van der Waals surface area contributed by atoms with Gasteiger partial charge >= 0.3 is 0 Å². The fraction of sp³-hybridized carbons (Fsp3) is 0.208. The summed E-state index contributed by atoms with van der Waals surface area (Å²) in [6.07, 6.45) is 0. The first-order valence-corrected chi connectivity index (χ1v) is 11.9. The largest absolute Gasteiger partial charge is 0.482 e. The average Bonchev–Trinajstić information content (AvgIpc) is 2.78. The Bertz CT molecular complexity index is 1170. The van der Waals surface area contributed by atoms with Gasteiger partial charge in [-0.25, -0.2) is 13.1 Å². The highest BCUT2D eigenvalue weighted by molar-refractivity contribution is 7.89. The number of ether oxygens (including phenoxy) is 1. The molecule has 0 fully saturated rings. The average molecular weight is 473 g/mol. The number of benzene rings is 3. The second-order valence-electron chi connectivity index (χ2n) is 7.40. The third kappa shape index (κ3) is 6.56. The molecule has 0 unspecified atom stereocenters. The van der Waals surface area contributed by atoms with Crippen molar-refractivity contribution >= 4 is 27.5 Å². The van der Waals surface area contributed by atoms with E-state index in [2.05, 4.69) is 10.0 Å². The van der Waals surface area contributed by atoms with Gasteiger partial charge in [0.1, 0.15) is 5.75 Å². The van der Waals surface area contributed by atoms with Gasteiger partial charge in [-0.05, 0) is 43.2 Å². The number of hydrogen-bond acceptors (Lipinski definition) is 4. The van der Waals surface area contributed by atoms with E-state index in [1.165, 1.54) is 18.2 Å². The summed E-state index contributed by atoms with van der Waals surface area (Å²) in [6, 6.07) is 20.8. The van der Waals surface area contributed by atoms with E-state index in [-0.39, 0.29) is 28.2 Å². The Morgan fingerprint density at radius 2 is 1.72 bits per heavy atom. The first-order valence-electron chi connectivity index (χ1n) is 10.1. The number of aryl methyl sites for hydroxylation is 1. The van der Waals surface area contributed by atoms with Crippen LogP contribution in [0.5, 0.6) is 5.75 Å². The minimum atomic E-state index is -3.79. The zero-order chi connectivity index (χ0) is 23.1. The molecule has 32 heavy (non-hydrogen) atoms. The first-order chi connectivity index (χ1) is 15.2. The van der Waals surface area contributed by atoms with Gasteiger partial charge in [0.05, 0.1) is 9.92 Å². The third-order valence-corrected chi connectivity index (χ3v) is 6.65. The van der Waals surface area contributed by atoms with Gasteiger partial charge in [-0.15, -0.1) is 0 Å². The van der Waals surface area contributed by atoms with Crippen molar-refractivity contribution in [3.63, 3.8) is 0 Å². The molecular weight excluding hydrogens is 448 g/mol. The van der Waals surface area contributed by atoms with Crippen LogP contribution in [0.2, 0.25) is 5.02 Å². The maximum atomic E-state index is 12.7. The molecule has 0 aromatic heterocycles. The molecular formula is C24H25ClN2O4S. The molecule has 168 valence electrons. The van der Waals surface area contributed by atoms with Gasteiger partial charge in [-0.3, -0.25) is 4.79 Å². The molecule has 0 bridgehead atoms. The molecule has 2 N–H and O–H groups in total. The molecule has 1 atom stereocenters. The van der Waals surface area contributed by atoms with Crippen LogP contribution in [-0.4, -0.2) is 20.9 Å². The minimum absolute atomic E-state index is 0.0152. The molecule has 0 radical (unpaired) electrons. The summed E-state index contributed by atoms with van der Waals surface area (Å²) in [5.74, 6) is -0.0797. The van der Waals surface area contributed by atoms with Gasteiger partial charge in [0.15, 0.2) is 6.61 Å². The zero-order valence-corrected chi connectivity index (χ0v) is 19.4. The number of nitrogens with one attached hydrogen (secondary N) is 2. The molecule has 0 aliphatic rings. The predicted molar refractivity (Wildman–Crippen MR) is 125 cm³/mol. The summed E-state index contributed by atoms with van der Waals surface area (Å²) in [6.45, 7) is 3.91. The Kier molecular flexibility index (Phi) is 7.90. The normalized spacial score (nSPS) is 12.2. The number of rotatable bonds is 9. The molecule has 0 aliphatic heterocycles. The van der Waals surface area contributed by atoms with E-state index < -0.39 is 16.1 Å². The van der Waals surface area contributed by atoms with Gasteiger partial charge in [0, 0.05) is 12.6 Å². The molecule has 0 aliphatic carbocycles. The highest BCUT2D eigenvalue weighted by atomic mass is 35.5. The van der Waals surface area contributed by atoms with Crippen LogP contribution < -0.4 is 14.8 Å². The fourth-order valence-corrected chi connectivity index (χ4v) is 4.53. The quantitative estimate of drug-likeness (QED) is 0.484. The molecule has 8 heteroatoms. The molecule has 3 aromatic rings. The second kappa shape index (κ2) is 10.6. The van der Waals surface area contributed by atoms with Crippen LogP contribution in [0.3, 0.4) is 0 Å². The summed E-state index contributed by atoms with van der Waals surface area (Å²) in [5.41, 5.74) is 2.97. The van der Waals surface area contributed by atoms with Gasteiger partial charge < -0.3 is 10.1 Å². The molecule has 6 nitrogen and oxygen atoms in total. The van der Waals surface area contributed by atoms with Gasteiger partial charge in [-0.1, -0.05) is 71.8 Å². The number of carbonyl (C=O) groups is 1. The highest BCUT2D eigenvalue weighted by Gasteiger charge is 2.20. The van der Waals surface area contributed by atoms with Crippen LogP contribution in [-0.2, 0) is 21.4 Å². The number of amides is 1. The van der Waals surface area contributed by atoms with Crippen LogP contribution in [0.15, 0.2) is 77.7 Å². The van der Waals surface area contributed by atoms with Gasteiger partial charge in [0.2, 0.25) is 10.0 Å². The monoisotopic (exact) mass is 472 g/mol. The fourth-order valence-electron chi connectivity index (χ4n) is 2.98. The van der Waals surface area contributed by atoms with Gasteiger partial charge in [-0.2, -0.15) is 0 Å². The topological polar surface area (TPSA) is 84.5 Å². The van der Waals surface area contributed by atoms with Crippen molar-refractivity contribution < 1.29 is 17.9 Å². The number of carbonyl (C=O) groups excluding carboxylic acids is 1. The Morgan fingerprint density at radius 3 is 2.38 bits per heavy atom. The Balaban J connectivity index is 1.57. The maximum absolute atomic E-state index is 12.7. The summed E-state index contributed by atoms with van der Waals surface area (Å²) >= 11 is 6.21. The molecule has 3 rings (SSSR count). The molecule has 0 saturated heterocycles. The van der Waals surface area contributed by atoms with Crippen molar-refractivity contribution in [1.82, 2.24) is 10.0 Å².